The Labute approximate surface area is 160 Å². The topological polar surface area (TPSA) is 81.1 Å². The largest absolute Gasteiger partial charge is 0.508 e. The molecule has 0 radical (unpaired) electrons. The second-order valence-electron chi connectivity index (χ2n) is 6.27. The smallest absolute Gasteiger partial charge is 0.258 e. The first kappa shape index (κ1) is 19.0. The number of phenols is 2. The maximum Gasteiger partial charge on any atom is 0.258 e. The summed E-state index contributed by atoms with van der Waals surface area (Å²) in [5.74, 6) is -1.97. The number of halogens is 2. The van der Waals surface area contributed by atoms with E-state index in [0.717, 1.165) is 6.07 Å². The molecule has 1 aliphatic heterocycles. The molecule has 6 nitrogen and oxygen atoms in total. The predicted molar refractivity (Wildman–Crippen MR) is 97.6 cm³/mol. The number of carbonyl (C=O) groups excluding carboxylic acids is 2. The molecule has 2 amide bonds. The maximum atomic E-state index is 14.0. The van der Waals surface area contributed by atoms with Crippen LogP contribution in [0, 0.1) is 5.82 Å². The molecule has 8 heteroatoms. The van der Waals surface area contributed by atoms with Crippen molar-refractivity contribution in [1.29, 1.82) is 0 Å². The van der Waals surface area contributed by atoms with Crippen LogP contribution in [-0.4, -0.2) is 58.0 Å². The van der Waals surface area contributed by atoms with Gasteiger partial charge in [0.05, 0.1) is 10.6 Å². The van der Waals surface area contributed by atoms with E-state index < -0.39 is 11.7 Å². The first-order valence-corrected chi connectivity index (χ1v) is 8.80. The second-order valence-corrected chi connectivity index (χ2v) is 6.68. The van der Waals surface area contributed by atoms with Gasteiger partial charge in [0.2, 0.25) is 0 Å². The fourth-order valence-electron chi connectivity index (χ4n) is 3.09. The van der Waals surface area contributed by atoms with Gasteiger partial charge in [0, 0.05) is 37.8 Å². The summed E-state index contributed by atoms with van der Waals surface area (Å²) in [6.45, 7) is 1.22. The van der Waals surface area contributed by atoms with Gasteiger partial charge >= 0.3 is 0 Å². The SMILES string of the molecule is O=C(c1cc(O)cc(O)c1)N1CCCN(C(=O)c2c(F)cccc2Cl)CC1. The van der Waals surface area contributed by atoms with Gasteiger partial charge in [0.1, 0.15) is 17.3 Å². The lowest BCUT2D eigenvalue weighted by Gasteiger charge is -2.23. The summed E-state index contributed by atoms with van der Waals surface area (Å²) in [7, 11) is 0. The van der Waals surface area contributed by atoms with Crippen molar-refractivity contribution >= 4 is 23.4 Å². The number of hydrogen-bond donors (Lipinski definition) is 2. The average molecular weight is 393 g/mol. The van der Waals surface area contributed by atoms with Crippen molar-refractivity contribution in [2.75, 3.05) is 26.2 Å². The summed E-state index contributed by atoms with van der Waals surface area (Å²) in [5, 5.41) is 19.2. The zero-order valence-electron chi connectivity index (χ0n) is 14.4. The second kappa shape index (κ2) is 7.84. The first-order chi connectivity index (χ1) is 12.9. The first-order valence-electron chi connectivity index (χ1n) is 8.42. The summed E-state index contributed by atoms with van der Waals surface area (Å²) >= 11 is 5.97. The van der Waals surface area contributed by atoms with Gasteiger partial charge in [-0.25, -0.2) is 4.39 Å². The lowest BCUT2D eigenvalue weighted by atomic mass is 10.1. The molecule has 1 fully saturated rings. The lowest BCUT2D eigenvalue weighted by molar-refractivity contribution is 0.0716. The van der Waals surface area contributed by atoms with Crippen LogP contribution < -0.4 is 0 Å². The van der Waals surface area contributed by atoms with E-state index in [1.807, 2.05) is 0 Å². The number of rotatable bonds is 2. The molecule has 1 heterocycles. The van der Waals surface area contributed by atoms with Gasteiger partial charge in [0.15, 0.2) is 0 Å². The van der Waals surface area contributed by atoms with Crippen LogP contribution in [0.5, 0.6) is 11.5 Å². The number of amides is 2. The molecule has 0 aromatic heterocycles. The minimum atomic E-state index is -0.681. The third-order valence-electron chi connectivity index (χ3n) is 4.40. The Kier molecular flexibility index (Phi) is 5.51. The van der Waals surface area contributed by atoms with Crippen LogP contribution in [0.25, 0.3) is 0 Å². The highest BCUT2D eigenvalue weighted by molar-refractivity contribution is 6.33. The predicted octanol–water partition coefficient (Wildman–Crippen LogP) is 2.88. The van der Waals surface area contributed by atoms with E-state index in [1.54, 1.807) is 0 Å². The van der Waals surface area contributed by atoms with Gasteiger partial charge in [-0.05, 0) is 30.7 Å². The van der Waals surface area contributed by atoms with E-state index in [-0.39, 0.29) is 46.6 Å². The van der Waals surface area contributed by atoms with Crippen LogP contribution in [0.2, 0.25) is 5.02 Å². The Morgan fingerprint density at radius 3 is 2.11 bits per heavy atom. The summed E-state index contributed by atoms with van der Waals surface area (Å²) in [4.78, 5) is 28.3. The molecule has 0 saturated carbocycles. The number of benzene rings is 2. The Morgan fingerprint density at radius 1 is 0.926 bits per heavy atom. The number of hydrogen-bond acceptors (Lipinski definition) is 4. The molecule has 142 valence electrons. The maximum absolute atomic E-state index is 14.0. The van der Waals surface area contributed by atoms with Gasteiger partial charge < -0.3 is 20.0 Å². The van der Waals surface area contributed by atoms with Gasteiger partial charge in [-0.15, -0.1) is 0 Å². The fourth-order valence-corrected chi connectivity index (χ4v) is 3.33. The third-order valence-corrected chi connectivity index (χ3v) is 4.71. The Morgan fingerprint density at radius 2 is 1.52 bits per heavy atom. The summed E-state index contributed by atoms with van der Waals surface area (Å²) in [6.07, 6.45) is 0.508. The zero-order valence-corrected chi connectivity index (χ0v) is 15.1. The van der Waals surface area contributed by atoms with Crippen molar-refractivity contribution < 1.29 is 24.2 Å². The molecule has 2 N–H and O–H groups in total. The molecule has 1 aliphatic rings. The monoisotopic (exact) mass is 392 g/mol. The molecule has 1 saturated heterocycles. The van der Waals surface area contributed by atoms with Gasteiger partial charge in [-0.2, -0.15) is 0 Å². The highest BCUT2D eigenvalue weighted by atomic mass is 35.5. The average Bonchev–Trinajstić information content (AvgIpc) is 2.86. The lowest BCUT2D eigenvalue weighted by Crippen LogP contribution is -2.37. The Hall–Kier alpha value is -2.80. The Balaban J connectivity index is 1.73. The van der Waals surface area contributed by atoms with Crippen LogP contribution in [0.4, 0.5) is 4.39 Å². The van der Waals surface area contributed by atoms with E-state index in [2.05, 4.69) is 0 Å². The highest BCUT2D eigenvalue weighted by Crippen LogP contribution is 2.23. The van der Waals surface area contributed by atoms with Crippen LogP contribution in [0.15, 0.2) is 36.4 Å². The molecule has 0 spiro atoms. The fraction of sp³-hybridized carbons (Fsp3) is 0.263. The van der Waals surface area contributed by atoms with E-state index in [0.29, 0.717) is 19.5 Å². The van der Waals surface area contributed by atoms with Crippen LogP contribution in [0.3, 0.4) is 0 Å². The molecule has 0 aliphatic carbocycles. The molecule has 0 unspecified atom stereocenters. The van der Waals surface area contributed by atoms with Crippen LogP contribution >= 0.6 is 11.6 Å². The van der Waals surface area contributed by atoms with E-state index in [9.17, 15) is 24.2 Å². The van der Waals surface area contributed by atoms with Crippen molar-refractivity contribution in [3.8, 4) is 11.5 Å². The van der Waals surface area contributed by atoms with Crippen molar-refractivity contribution in [2.45, 2.75) is 6.42 Å². The third kappa shape index (κ3) is 4.14. The molecule has 0 bridgehead atoms. The molecule has 27 heavy (non-hydrogen) atoms. The quantitative estimate of drug-likeness (QED) is 0.823. The minimum absolute atomic E-state index is 0.0485. The molecule has 2 aromatic carbocycles. The summed E-state index contributed by atoms with van der Waals surface area (Å²) in [6, 6.07) is 7.75. The normalized spacial score (nSPS) is 14.7. The van der Waals surface area contributed by atoms with Crippen molar-refractivity contribution in [3.63, 3.8) is 0 Å². The van der Waals surface area contributed by atoms with E-state index in [4.69, 9.17) is 11.6 Å². The van der Waals surface area contributed by atoms with Crippen LogP contribution in [-0.2, 0) is 0 Å². The van der Waals surface area contributed by atoms with E-state index >= 15 is 0 Å². The summed E-state index contributed by atoms with van der Waals surface area (Å²) in [5.41, 5.74) is -0.0127. The van der Waals surface area contributed by atoms with Gasteiger partial charge in [0.25, 0.3) is 11.8 Å². The van der Waals surface area contributed by atoms with E-state index in [1.165, 1.54) is 40.1 Å². The molecule has 3 rings (SSSR count). The van der Waals surface area contributed by atoms with Gasteiger partial charge in [-0.1, -0.05) is 17.7 Å². The number of carbonyl (C=O) groups is 2. The summed E-state index contributed by atoms with van der Waals surface area (Å²) < 4.78 is 14.0. The number of phenolic OH excluding ortho intramolecular Hbond substituents is 2. The minimum Gasteiger partial charge on any atom is -0.508 e. The molecule has 2 aromatic rings. The van der Waals surface area contributed by atoms with Crippen molar-refractivity contribution in [3.05, 3.63) is 58.4 Å². The molecule has 0 atom stereocenters. The zero-order chi connectivity index (χ0) is 19.6. The number of aromatic hydroxyl groups is 2. The van der Waals surface area contributed by atoms with Crippen LogP contribution in [0.1, 0.15) is 27.1 Å². The molecular weight excluding hydrogens is 375 g/mol. The van der Waals surface area contributed by atoms with Crippen molar-refractivity contribution in [2.24, 2.45) is 0 Å². The Bertz CT molecular complexity index is 850. The molecular formula is C19H18ClFN2O4. The van der Waals surface area contributed by atoms with Gasteiger partial charge in [-0.3, -0.25) is 9.59 Å². The standard InChI is InChI=1S/C19H18ClFN2O4/c20-15-3-1-4-16(21)17(15)19(27)23-6-2-5-22(7-8-23)18(26)12-9-13(24)11-14(25)10-12/h1,3-4,9-11,24-25H,2,5-8H2. The van der Waals surface area contributed by atoms with Crippen molar-refractivity contribution in [1.82, 2.24) is 9.80 Å². The number of nitrogens with zero attached hydrogens (tertiary/aromatic N) is 2. The highest BCUT2D eigenvalue weighted by Gasteiger charge is 2.26.